The van der Waals surface area contributed by atoms with Crippen molar-refractivity contribution in [2.24, 2.45) is 0 Å². The first-order chi connectivity index (χ1) is 11.2. The fourth-order valence-electron chi connectivity index (χ4n) is 2.84. The zero-order chi connectivity index (χ0) is 16.1. The van der Waals surface area contributed by atoms with Crippen LogP contribution in [0.4, 0.5) is 5.13 Å². The van der Waals surface area contributed by atoms with Crippen molar-refractivity contribution in [3.63, 3.8) is 0 Å². The Morgan fingerprint density at radius 3 is 2.78 bits per heavy atom. The topological polar surface area (TPSA) is 69.4 Å². The minimum atomic E-state index is 0.338. The van der Waals surface area contributed by atoms with Crippen molar-refractivity contribution in [3.8, 4) is 11.5 Å². The average molecular weight is 333 g/mol. The molecule has 0 bridgehead atoms. The summed E-state index contributed by atoms with van der Waals surface area (Å²) in [6.07, 6.45) is 6.96. The van der Waals surface area contributed by atoms with Gasteiger partial charge in [-0.15, -0.1) is 11.3 Å². The zero-order valence-electron chi connectivity index (χ0n) is 13.4. The lowest BCUT2D eigenvalue weighted by atomic mass is 10.2. The molecule has 0 saturated heterocycles. The molecule has 2 aromatic rings. The summed E-state index contributed by atoms with van der Waals surface area (Å²) in [5.41, 5.74) is 6.80. The first kappa shape index (κ1) is 16.1. The molecule has 0 atom stereocenters. The first-order valence-electron chi connectivity index (χ1n) is 7.99. The number of ether oxygens (including phenoxy) is 2. The minimum Gasteiger partial charge on any atom is -0.493 e. The van der Waals surface area contributed by atoms with Crippen LogP contribution in [0.5, 0.6) is 11.5 Å². The Bertz CT molecular complexity index is 639. The van der Waals surface area contributed by atoms with Gasteiger partial charge in [0.15, 0.2) is 16.6 Å². The van der Waals surface area contributed by atoms with Gasteiger partial charge in [-0.25, -0.2) is 4.98 Å². The van der Waals surface area contributed by atoms with Crippen LogP contribution in [-0.4, -0.2) is 18.2 Å². The summed E-state index contributed by atoms with van der Waals surface area (Å²) in [5, 5.41) is 4.00. The van der Waals surface area contributed by atoms with Gasteiger partial charge < -0.3 is 20.5 Å². The Balaban J connectivity index is 1.57. The van der Waals surface area contributed by atoms with Gasteiger partial charge in [0.1, 0.15) is 0 Å². The van der Waals surface area contributed by atoms with Crippen molar-refractivity contribution in [2.45, 2.75) is 44.9 Å². The summed E-state index contributed by atoms with van der Waals surface area (Å²) in [4.78, 5) is 5.18. The summed E-state index contributed by atoms with van der Waals surface area (Å²) >= 11 is 1.51. The number of rotatable bonds is 7. The van der Waals surface area contributed by atoms with Gasteiger partial charge in [0.2, 0.25) is 0 Å². The Morgan fingerprint density at radius 1 is 1.26 bits per heavy atom. The highest BCUT2D eigenvalue weighted by atomic mass is 32.1. The van der Waals surface area contributed by atoms with Crippen LogP contribution in [0.2, 0.25) is 0 Å². The number of nitrogens with two attached hydrogens (primary N) is 1. The Morgan fingerprint density at radius 2 is 2.09 bits per heavy atom. The molecule has 1 aromatic heterocycles. The standard InChI is InChI=1S/C17H23N3O2S/c1-21-16-8-12(9-19-10-14-11-20-17(18)23-14)6-7-15(16)22-13-4-2-3-5-13/h6-8,11,13,19H,2-5,9-10H2,1H3,(H2,18,20). The molecule has 0 aliphatic heterocycles. The third kappa shape index (κ3) is 4.36. The van der Waals surface area contributed by atoms with E-state index in [2.05, 4.69) is 16.4 Å². The summed E-state index contributed by atoms with van der Waals surface area (Å²) in [6.45, 7) is 1.52. The second kappa shape index (κ2) is 7.66. The van der Waals surface area contributed by atoms with Crippen molar-refractivity contribution in [3.05, 3.63) is 34.8 Å². The molecule has 1 saturated carbocycles. The number of hydrogen-bond acceptors (Lipinski definition) is 6. The molecule has 1 fully saturated rings. The molecule has 5 nitrogen and oxygen atoms in total. The van der Waals surface area contributed by atoms with Gasteiger partial charge >= 0.3 is 0 Å². The normalized spacial score (nSPS) is 15.0. The lowest BCUT2D eigenvalue weighted by Gasteiger charge is -2.16. The highest BCUT2D eigenvalue weighted by Crippen LogP contribution is 2.32. The Hall–Kier alpha value is -1.79. The van der Waals surface area contributed by atoms with Crippen molar-refractivity contribution >= 4 is 16.5 Å². The van der Waals surface area contributed by atoms with Gasteiger partial charge in [-0.05, 0) is 43.4 Å². The molecule has 1 aliphatic carbocycles. The number of hydrogen-bond donors (Lipinski definition) is 2. The SMILES string of the molecule is COc1cc(CNCc2cnc(N)s2)ccc1OC1CCCC1. The molecule has 6 heteroatoms. The van der Waals surface area contributed by atoms with Gasteiger partial charge in [-0.2, -0.15) is 0 Å². The fraction of sp³-hybridized carbons (Fsp3) is 0.471. The van der Waals surface area contributed by atoms with Crippen molar-refractivity contribution in [2.75, 3.05) is 12.8 Å². The van der Waals surface area contributed by atoms with Gasteiger partial charge in [0.05, 0.1) is 13.2 Å². The molecule has 1 aromatic carbocycles. The number of nitrogens with one attached hydrogen (secondary N) is 1. The maximum Gasteiger partial charge on any atom is 0.180 e. The van der Waals surface area contributed by atoms with E-state index in [1.807, 2.05) is 18.3 Å². The van der Waals surface area contributed by atoms with Crippen molar-refractivity contribution in [1.29, 1.82) is 0 Å². The number of nitrogens with zero attached hydrogens (tertiary/aromatic N) is 1. The number of thiazole rings is 1. The van der Waals surface area contributed by atoms with E-state index in [4.69, 9.17) is 15.2 Å². The molecule has 0 radical (unpaired) electrons. The lowest BCUT2D eigenvalue weighted by molar-refractivity contribution is 0.200. The van der Waals surface area contributed by atoms with Gasteiger partial charge in [0.25, 0.3) is 0 Å². The molecule has 3 rings (SSSR count). The van der Waals surface area contributed by atoms with E-state index in [1.165, 1.54) is 24.2 Å². The smallest absolute Gasteiger partial charge is 0.180 e. The number of anilines is 1. The maximum absolute atomic E-state index is 6.06. The van der Waals surface area contributed by atoms with Crippen molar-refractivity contribution < 1.29 is 9.47 Å². The van der Waals surface area contributed by atoms with Crippen LogP contribution in [0.25, 0.3) is 0 Å². The summed E-state index contributed by atoms with van der Waals surface area (Å²) in [6, 6.07) is 6.14. The molecule has 0 spiro atoms. The van der Waals surface area contributed by atoms with Crippen LogP contribution in [0.1, 0.15) is 36.1 Å². The number of nitrogen functional groups attached to an aromatic ring is 1. The first-order valence-corrected chi connectivity index (χ1v) is 8.80. The van der Waals surface area contributed by atoms with E-state index < -0.39 is 0 Å². The van der Waals surface area contributed by atoms with E-state index in [9.17, 15) is 0 Å². The van der Waals surface area contributed by atoms with Gasteiger partial charge in [-0.1, -0.05) is 6.07 Å². The number of methoxy groups -OCH3 is 1. The summed E-state index contributed by atoms with van der Waals surface area (Å²) in [7, 11) is 1.69. The maximum atomic E-state index is 6.06. The fourth-order valence-corrected chi connectivity index (χ4v) is 3.49. The van der Waals surface area contributed by atoms with E-state index in [0.717, 1.165) is 47.9 Å². The van der Waals surface area contributed by atoms with Crippen LogP contribution in [-0.2, 0) is 13.1 Å². The quantitative estimate of drug-likeness (QED) is 0.813. The predicted octanol–water partition coefficient (Wildman–Crippen LogP) is 3.35. The number of aromatic nitrogens is 1. The predicted molar refractivity (Wildman–Crippen MR) is 92.9 cm³/mol. The molecule has 0 unspecified atom stereocenters. The van der Waals surface area contributed by atoms with E-state index in [1.54, 1.807) is 7.11 Å². The monoisotopic (exact) mass is 333 g/mol. The summed E-state index contributed by atoms with van der Waals surface area (Å²) < 4.78 is 11.5. The van der Waals surface area contributed by atoms with Crippen LogP contribution < -0.4 is 20.5 Å². The summed E-state index contributed by atoms with van der Waals surface area (Å²) in [5.74, 6) is 1.65. The number of benzene rings is 1. The molecule has 23 heavy (non-hydrogen) atoms. The van der Waals surface area contributed by atoms with Crippen LogP contribution in [0.3, 0.4) is 0 Å². The Labute approximate surface area is 140 Å². The van der Waals surface area contributed by atoms with E-state index >= 15 is 0 Å². The minimum absolute atomic E-state index is 0.338. The molecular weight excluding hydrogens is 310 g/mol. The second-order valence-corrected chi connectivity index (χ2v) is 6.92. The third-order valence-electron chi connectivity index (χ3n) is 4.02. The molecule has 3 N–H and O–H groups in total. The highest BCUT2D eigenvalue weighted by molar-refractivity contribution is 7.15. The molecule has 124 valence electrons. The van der Waals surface area contributed by atoms with Crippen LogP contribution in [0, 0.1) is 0 Å². The van der Waals surface area contributed by atoms with Gasteiger partial charge in [-0.3, -0.25) is 0 Å². The lowest BCUT2D eigenvalue weighted by Crippen LogP contribution is -2.13. The van der Waals surface area contributed by atoms with Crippen LogP contribution >= 0.6 is 11.3 Å². The largest absolute Gasteiger partial charge is 0.493 e. The average Bonchev–Trinajstić information content (AvgIpc) is 3.20. The molecule has 1 heterocycles. The highest BCUT2D eigenvalue weighted by Gasteiger charge is 2.18. The van der Waals surface area contributed by atoms with Crippen molar-refractivity contribution in [1.82, 2.24) is 10.3 Å². The second-order valence-electron chi connectivity index (χ2n) is 5.78. The molecule has 0 amide bonds. The third-order valence-corrected chi connectivity index (χ3v) is 4.85. The van der Waals surface area contributed by atoms with Gasteiger partial charge in [0, 0.05) is 24.2 Å². The zero-order valence-corrected chi connectivity index (χ0v) is 14.2. The molecule has 1 aliphatic rings. The Kier molecular flexibility index (Phi) is 5.35. The molecular formula is C17H23N3O2S. The van der Waals surface area contributed by atoms with Crippen LogP contribution in [0.15, 0.2) is 24.4 Å². The van der Waals surface area contributed by atoms with E-state index in [-0.39, 0.29) is 0 Å². The van der Waals surface area contributed by atoms with E-state index in [0.29, 0.717) is 11.2 Å².